The Morgan fingerprint density at radius 2 is 1.81 bits per heavy atom. The number of alkyl halides is 3. The Balaban J connectivity index is 1.35. The second-order valence-electron chi connectivity index (χ2n) is 8.42. The molecule has 2 fully saturated rings. The molecule has 0 radical (unpaired) electrons. The van der Waals surface area contributed by atoms with Gasteiger partial charge < -0.3 is 9.80 Å². The molecule has 0 unspecified atom stereocenters. The predicted octanol–water partition coefficient (Wildman–Crippen LogP) is 4.88. The van der Waals surface area contributed by atoms with Gasteiger partial charge in [-0.2, -0.15) is 13.2 Å². The number of amides is 1. The summed E-state index contributed by atoms with van der Waals surface area (Å²) in [7, 11) is 0. The number of para-hydroxylation sites is 1. The quantitative estimate of drug-likeness (QED) is 0.583. The van der Waals surface area contributed by atoms with Gasteiger partial charge in [-0.15, -0.1) is 0 Å². The molecule has 1 aliphatic carbocycles. The van der Waals surface area contributed by atoms with Crippen molar-refractivity contribution in [2.75, 3.05) is 31.1 Å². The van der Waals surface area contributed by atoms with Crippen LogP contribution in [-0.2, 0) is 6.18 Å². The summed E-state index contributed by atoms with van der Waals surface area (Å²) in [6, 6.07) is 12.1. The Hall–Kier alpha value is -3.16. The molecule has 8 heteroatoms. The zero-order chi connectivity index (χ0) is 22.3. The van der Waals surface area contributed by atoms with Crippen LogP contribution in [0.3, 0.4) is 0 Å². The Morgan fingerprint density at radius 1 is 1.00 bits per heavy atom. The molecule has 32 heavy (non-hydrogen) atoms. The van der Waals surface area contributed by atoms with E-state index in [0.717, 1.165) is 41.7 Å². The zero-order valence-electron chi connectivity index (χ0n) is 17.5. The van der Waals surface area contributed by atoms with Crippen LogP contribution >= 0.6 is 0 Å². The molecule has 0 bridgehead atoms. The van der Waals surface area contributed by atoms with Crippen molar-refractivity contribution >= 4 is 22.6 Å². The molecule has 2 aromatic heterocycles. The summed E-state index contributed by atoms with van der Waals surface area (Å²) in [6.45, 7) is 2.22. The molecular weight excluding hydrogens is 417 g/mol. The summed E-state index contributed by atoms with van der Waals surface area (Å²) in [5.41, 5.74) is 1.74. The Morgan fingerprint density at radius 3 is 2.53 bits per heavy atom. The molecule has 1 saturated carbocycles. The number of pyridine rings is 2. The zero-order valence-corrected chi connectivity index (χ0v) is 17.5. The van der Waals surface area contributed by atoms with E-state index in [0.29, 0.717) is 49.9 Å². The summed E-state index contributed by atoms with van der Waals surface area (Å²) in [5, 5.41) is 0.854. The average molecular weight is 440 g/mol. The van der Waals surface area contributed by atoms with Gasteiger partial charge in [-0.1, -0.05) is 18.2 Å². The van der Waals surface area contributed by atoms with Crippen LogP contribution in [0, 0.1) is 0 Å². The highest BCUT2D eigenvalue weighted by atomic mass is 19.4. The first-order valence-corrected chi connectivity index (χ1v) is 10.9. The molecule has 3 heterocycles. The standard InChI is InChI=1S/C24H23F3N4O/c25-24(26,27)17-8-9-22(28-15-17)30-10-3-11-31(13-12-30)23(32)19-14-21(16-6-7-16)29-20-5-2-1-4-18(19)20/h1-2,4-5,8-9,14-16H,3,6-7,10-13H2. The summed E-state index contributed by atoms with van der Waals surface area (Å²) in [6.07, 6.45) is -0.603. The van der Waals surface area contributed by atoms with Crippen LogP contribution < -0.4 is 4.90 Å². The maximum absolute atomic E-state index is 13.5. The minimum absolute atomic E-state index is 0.0206. The maximum Gasteiger partial charge on any atom is 0.417 e. The van der Waals surface area contributed by atoms with Crippen LogP contribution in [0.4, 0.5) is 19.0 Å². The van der Waals surface area contributed by atoms with Crippen LogP contribution in [0.1, 0.15) is 46.8 Å². The number of fused-ring (bicyclic) bond motifs is 1. The second-order valence-corrected chi connectivity index (χ2v) is 8.42. The van der Waals surface area contributed by atoms with E-state index in [1.54, 1.807) is 0 Å². The lowest BCUT2D eigenvalue weighted by molar-refractivity contribution is -0.137. The number of rotatable bonds is 3. The number of halogens is 3. The van der Waals surface area contributed by atoms with Gasteiger partial charge in [0.1, 0.15) is 5.82 Å². The van der Waals surface area contributed by atoms with Crippen molar-refractivity contribution in [3.05, 3.63) is 65.5 Å². The molecule has 3 aromatic rings. The maximum atomic E-state index is 13.5. The number of carbonyl (C=O) groups is 1. The van der Waals surface area contributed by atoms with Gasteiger partial charge in [0.15, 0.2) is 0 Å². The first-order chi connectivity index (χ1) is 15.4. The second kappa shape index (κ2) is 8.07. The van der Waals surface area contributed by atoms with Crippen molar-refractivity contribution in [3.63, 3.8) is 0 Å². The third-order valence-corrected chi connectivity index (χ3v) is 6.14. The van der Waals surface area contributed by atoms with Crippen LogP contribution in [0.2, 0.25) is 0 Å². The smallest absolute Gasteiger partial charge is 0.355 e. The Labute approximate surface area is 183 Å². The molecule has 5 nitrogen and oxygen atoms in total. The third kappa shape index (κ3) is 4.13. The van der Waals surface area contributed by atoms with E-state index in [1.807, 2.05) is 40.1 Å². The van der Waals surface area contributed by atoms with E-state index in [-0.39, 0.29) is 5.91 Å². The van der Waals surface area contributed by atoms with E-state index in [9.17, 15) is 18.0 Å². The Bertz CT molecular complexity index is 1140. The fourth-order valence-electron chi connectivity index (χ4n) is 4.22. The first-order valence-electron chi connectivity index (χ1n) is 10.9. The number of anilines is 1. The lowest BCUT2D eigenvalue weighted by Gasteiger charge is -2.23. The largest absolute Gasteiger partial charge is 0.417 e. The minimum Gasteiger partial charge on any atom is -0.355 e. The van der Waals surface area contributed by atoms with Crippen LogP contribution in [-0.4, -0.2) is 47.0 Å². The van der Waals surface area contributed by atoms with E-state index < -0.39 is 11.7 Å². The van der Waals surface area contributed by atoms with Gasteiger partial charge in [0.2, 0.25) is 0 Å². The molecule has 1 saturated heterocycles. The molecule has 1 amide bonds. The van der Waals surface area contributed by atoms with Crippen molar-refractivity contribution in [2.45, 2.75) is 31.4 Å². The van der Waals surface area contributed by atoms with Crippen LogP contribution in [0.15, 0.2) is 48.7 Å². The van der Waals surface area contributed by atoms with Gasteiger partial charge in [0, 0.05) is 49.4 Å². The third-order valence-electron chi connectivity index (χ3n) is 6.14. The average Bonchev–Trinajstić information content (AvgIpc) is 3.64. The monoisotopic (exact) mass is 440 g/mol. The lowest BCUT2D eigenvalue weighted by atomic mass is 10.0. The van der Waals surface area contributed by atoms with Crippen molar-refractivity contribution in [1.82, 2.24) is 14.9 Å². The number of hydrogen-bond donors (Lipinski definition) is 0. The van der Waals surface area contributed by atoms with E-state index >= 15 is 0 Å². The van der Waals surface area contributed by atoms with Crippen LogP contribution in [0.5, 0.6) is 0 Å². The highest BCUT2D eigenvalue weighted by Crippen LogP contribution is 2.40. The number of carbonyl (C=O) groups excluding carboxylic acids is 1. The molecule has 2 aliphatic rings. The molecule has 0 spiro atoms. The van der Waals surface area contributed by atoms with Crippen molar-refractivity contribution in [2.24, 2.45) is 0 Å². The van der Waals surface area contributed by atoms with Gasteiger partial charge in [-0.25, -0.2) is 4.98 Å². The number of hydrogen-bond acceptors (Lipinski definition) is 4. The van der Waals surface area contributed by atoms with E-state index in [4.69, 9.17) is 4.98 Å². The fraction of sp³-hybridized carbons (Fsp3) is 0.375. The van der Waals surface area contributed by atoms with Crippen molar-refractivity contribution in [1.29, 1.82) is 0 Å². The van der Waals surface area contributed by atoms with Crippen molar-refractivity contribution in [3.8, 4) is 0 Å². The van der Waals surface area contributed by atoms with Gasteiger partial charge in [0.25, 0.3) is 5.91 Å². The SMILES string of the molecule is O=C(c1cc(C2CC2)nc2ccccc12)N1CCCN(c2ccc(C(F)(F)F)cn2)CC1. The molecule has 0 N–H and O–H groups in total. The molecule has 1 aliphatic heterocycles. The summed E-state index contributed by atoms with van der Waals surface area (Å²) < 4.78 is 38.5. The van der Waals surface area contributed by atoms with Crippen LogP contribution in [0.25, 0.3) is 10.9 Å². The van der Waals surface area contributed by atoms with E-state index in [2.05, 4.69) is 4.98 Å². The highest BCUT2D eigenvalue weighted by molar-refractivity contribution is 6.06. The number of benzene rings is 1. The highest BCUT2D eigenvalue weighted by Gasteiger charge is 2.31. The summed E-state index contributed by atoms with van der Waals surface area (Å²) >= 11 is 0. The van der Waals surface area contributed by atoms with Gasteiger partial charge in [-0.05, 0) is 43.5 Å². The summed E-state index contributed by atoms with van der Waals surface area (Å²) in [5.74, 6) is 0.918. The molecule has 5 rings (SSSR count). The topological polar surface area (TPSA) is 49.3 Å². The van der Waals surface area contributed by atoms with Gasteiger partial charge in [0.05, 0.1) is 16.6 Å². The van der Waals surface area contributed by atoms with Crippen molar-refractivity contribution < 1.29 is 18.0 Å². The number of aromatic nitrogens is 2. The molecule has 166 valence electrons. The van der Waals surface area contributed by atoms with Gasteiger partial charge >= 0.3 is 6.18 Å². The Kier molecular flexibility index (Phi) is 5.23. The normalized spacial score (nSPS) is 17.5. The molecular formula is C24H23F3N4O. The van der Waals surface area contributed by atoms with E-state index in [1.165, 1.54) is 6.07 Å². The lowest BCUT2D eigenvalue weighted by Crippen LogP contribution is -2.35. The number of nitrogens with zero attached hydrogens (tertiary/aromatic N) is 4. The molecule has 1 aromatic carbocycles. The minimum atomic E-state index is -4.40. The van der Waals surface area contributed by atoms with Gasteiger partial charge in [-0.3, -0.25) is 9.78 Å². The predicted molar refractivity (Wildman–Crippen MR) is 116 cm³/mol. The molecule has 0 atom stereocenters. The summed E-state index contributed by atoms with van der Waals surface area (Å²) in [4.78, 5) is 26.0. The fourth-order valence-corrected chi connectivity index (χ4v) is 4.22. The first kappa shape index (κ1) is 20.7.